The van der Waals surface area contributed by atoms with Gasteiger partial charge in [-0.05, 0) is 43.5 Å². The molecule has 1 fully saturated rings. The number of hydrogen-bond donors (Lipinski definition) is 1. The first-order chi connectivity index (χ1) is 8.95. The normalized spacial score (nSPS) is 17.8. The lowest BCUT2D eigenvalue weighted by Crippen LogP contribution is -2.40. The Morgan fingerprint density at radius 3 is 2.30 bits per heavy atom. The van der Waals surface area contributed by atoms with Gasteiger partial charge in [-0.1, -0.05) is 0 Å². The van der Waals surface area contributed by atoms with E-state index in [1.54, 1.807) is 0 Å². The molecule has 2 N–H and O–H groups in total. The van der Waals surface area contributed by atoms with Crippen LogP contribution in [0.5, 0.6) is 0 Å². The molecule has 0 spiro atoms. The highest BCUT2D eigenvalue weighted by atomic mass is 35.5. The summed E-state index contributed by atoms with van der Waals surface area (Å²) in [6.45, 7) is 1.27. The minimum Gasteiger partial charge on any atom is -0.330 e. The monoisotopic (exact) mass is 326 g/mol. The molecule has 0 atom stereocenters. The van der Waals surface area contributed by atoms with Crippen molar-refractivity contribution in [1.29, 1.82) is 0 Å². The Balaban J connectivity index is 0.00000200. The lowest BCUT2D eigenvalue weighted by Gasteiger charge is -2.30. The van der Waals surface area contributed by atoms with Gasteiger partial charge >= 0.3 is 0 Å². The van der Waals surface area contributed by atoms with Crippen LogP contribution in [0.4, 0.5) is 8.78 Å². The van der Waals surface area contributed by atoms with E-state index >= 15 is 0 Å². The number of nitrogens with two attached hydrogens (primary N) is 1. The number of benzene rings is 1. The highest BCUT2D eigenvalue weighted by molar-refractivity contribution is 7.89. The molecule has 1 aromatic rings. The van der Waals surface area contributed by atoms with Crippen LogP contribution in [-0.4, -0.2) is 32.4 Å². The molecule has 1 heterocycles. The highest BCUT2D eigenvalue weighted by Crippen LogP contribution is 2.24. The van der Waals surface area contributed by atoms with Gasteiger partial charge in [0.2, 0.25) is 10.0 Å². The van der Waals surface area contributed by atoms with E-state index in [2.05, 4.69) is 0 Å². The van der Waals surface area contributed by atoms with Crippen LogP contribution in [0, 0.1) is 17.6 Å². The minimum atomic E-state index is -3.75. The zero-order valence-electron chi connectivity index (χ0n) is 10.8. The van der Waals surface area contributed by atoms with Gasteiger partial charge in [0.05, 0.1) is 4.90 Å². The zero-order valence-corrected chi connectivity index (χ0v) is 12.4. The molecule has 0 bridgehead atoms. The van der Waals surface area contributed by atoms with Crippen molar-refractivity contribution in [2.45, 2.75) is 17.7 Å². The average molecular weight is 327 g/mol. The largest absolute Gasteiger partial charge is 0.330 e. The lowest BCUT2D eigenvalue weighted by atomic mass is 9.99. The number of sulfonamides is 1. The van der Waals surface area contributed by atoms with Gasteiger partial charge in [0.25, 0.3) is 0 Å². The summed E-state index contributed by atoms with van der Waals surface area (Å²) >= 11 is 0. The predicted octanol–water partition coefficient (Wildman–Crippen LogP) is 1.75. The Morgan fingerprint density at radius 2 is 1.80 bits per heavy atom. The maximum absolute atomic E-state index is 13.1. The molecule has 1 aliphatic rings. The molecule has 1 aromatic carbocycles. The van der Waals surface area contributed by atoms with Crippen molar-refractivity contribution < 1.29 is 17.2 Å². The Hall–Kier alpha value is -0.760. The van der Waals surface area contributed by atoms with Crippen molar-refractivity contribution in [3.05, 3.63) is 29.8 Å². The molecule has 0 aliphatic carbocycles. The van der Waals surface area contributed by atoms with Crippen LogP contribution in [0.3, 0.4) is 0 Å². The summed E-state index contributed by atoms with van der Waals surface area (Å²) in [6, 6.07) is 2.64. The maximum atomic E-state index is 13.1. The summed E-state index contributed by atoms with van der Waals surface area (Å²) in [5.41, 5.74) is 5.55. The predicted molar refractivity (Wildman–Crippen MR) is 74.1 cm³/mol. The standard InChI is InChI=1S/C12H16F2N2O2S.ClH/c13-11-2-1-10(7-12(11)14)19(17,18)16-5-3-9(8-15)4-6-16;/h1-2,7,9H,3-6,8,15H2;1H. The molecule has 0 amide bonds. The average Bonchev–Trinajstić information content (AvgIpc) is 2.41. The van der Waals surface area contributed by atoms with Gasteiger partial charge in [-0.25, -0.2) is 17.2 Å². The highest BCUT2D eigenvalue weighted by Gasteiger charge is 2.29. The summed E-state index contributed by atoms with van der Waals surface area (Å²) in [5.74, 6) is -1.88. The first-order valence-electron chi connectivity index (χ1n) is 6.10. The summed E-state index contributed by atoms with van der Waals surface area (Å²) < 4.78 is 51.7. The first kappa shape index (κ1) is 17.3. The molecule has 8 heteroatoms. The van der Waals surface area contributed by atoms with Crippen LogP contribution in [0.2, 0.25) is 0 Å². The summed E-state index contributed by atoms with van der Waals surface area (Å²) in [6.07, 6.45) is 1.39. The SMILES string of the molecule is Cl.NCC1CCN(S(=O)(=O)c2ccc(F)c(F)c2)CC1. The lowest BCUT2D eigenvalue weighted by molar-refractivity contribution is 0.278. The molecular formula is C12H17ClF2N2O2S. The number of halogens is 3. The van der Waals surface area contributed by atoms with Gasteiger partial charge in [-0.3, -0.25) is 0 Å². The quantitative estimate of drug-likeness (QED) is 0.920. The van der Waals surface area contributed by atoms with Gasteiger partial charge in [-0.2, -0.15) is 4.31 Å². The van der Waals surface area contributed by atoms with E-state index in [4.69, 9.17) is 5.73 Å². The van der Waals surface area contributed by atoms with Crippen LogP contribution < -0.4 is 5.73 Å². The van der Waals surface area contributed by atoms with Crippen molar-refractivity contribution in [1.82, 2.24) is 4.31 Å². The van der Waals surface area contributed by atoms with E-state index in [0.717, 1.165) is 18.2 Å². The number of piperidine rings is 1. The molecule has 0 unspecified atom stereocenters. The second kappa shape index (κ2) is 6.80. The fraction of sp³-hybridized carbons (Fsp3) is 0.500. The summed E-state index contributed by atoms with van der Waals surface area (Å²) in [4.78, 5) is -0.211. The Labute approximate surface area is 123 Å². The van der Waals surface area contributed by atoms with Crippen molar-refractivity contribution in [2.24, 2.45) is 11.7 Å². The van der Waals surface area contributed by atoms with Gasteiger partial charge in [0.1, 0.15) is 0 Å². The molecule has 20 heavy (non-hydrogen) atoms. The van der Waals surface area contributed by atoms with Gasteiger partial charge in [0, 0.05) is 13.1 Å². The third-order valence-electron chi connectivity index (χ3n) is 3.44. The molecule has 0 radical (unpaired) electrons. The third kappa shape index (κ3) is 3.46. The van der Waals surface area contributed by atoms with Crippen LogP contribution in [-0.2, 0) is 10.0 Å². The second-order valence-corrected chi connectivity index (χ2v) is 6.60. The van der Waals surface area contributed by atoms with Crippen molar-refractivity contribution >= 4 is 22.4 Å². The van der Waals surface area contributed by atoms with Gasteiger partial charge in [-0.15, -0.1) is 12.4 Å². The fourth-order valence-electron chi connectivity index (χ4n) is 2.17. The molecular weight excluding hydrogens is 310 g/mol. The zero-order chi connectivity index (χ0) is 14.0. The fourth-order valence-corrected chi connectivity index (χ4v) is 3.65. The van der Waals surface area contributed by atoms with Gasteiger partial charge < -0.3 is 5.73 Å². The molecule has 4 nitrogen and oxygen atoms in total. The minimum absolute atomic E-state index is 0. The van der Waals surface area contributed by atoms with E-state index < -0.39 is 21.7 Å². The van der Waals surface area contributed by atoms with Gasteiger partial charge in [0.15, 0.2) is 11.6 Å². The van der Waals surface area contributed by atoms with Crippen LogP contribution in [0.15, 0.2) is 23.1 Å². The number of rotatable bonds is 3. The first-order valence-corrected chi connectivity index (χ1v) is 7.54. The van der Waals surface area contributed by atoms with Crippen LogP contribution in [0.25, 0.3) is 0 Å². The topological polar surface area (TPSA) is 63.4 Å². The van der Waals surface area contributed by atoms with E-state index in [-0.39, 0.29) is 17.3 Å². The van der Waals surface area contributed by atoms with Crippen molar-refractivity contribution in [3.63, 3.8) is 0 Å². The summed E-state index contributed by atoms with van der Waals surface area (Å²) in [7, 11) is -3.75. The molecule has 0 saturated carbocycles. The second-order valence-electron chi connectivity index (χ2n) is 4.66. The molecule has 1 saturated heterocycles. The number of hydrogen-bond acceptors (Lipinski definition) is 3. The van der Waals surface area contributed by atoms with Crippen LogP contribution in [0.1, 0.15) is 12.8 Å². The van der Waals surface area contributed by atoms with Crippen LogP contribution >= 0.6 is 12.4 Å². The number of nitrogens with zero attached hydrogens (tertiary/aromatic N) is 1. The Bertz CT molecular complexity index is 561. The smallest absolute Gasteiger partial charge is 0.243 e. The Morgan fingerprint density at radius 1 is 1.20 bits per heavy atom. The summed E-state index contributed by atoms with van der Waals surface area (Å²) in [5, 5.41) is 0. The third-order valence-corrected chi connectivity index (χ3v) is 5.33. The van der Waals surface area contributed by atoms with Crippen molar-refractivity contribution in [3.8, 4) is 0 Å². The van der Waals surface area contributed by atoms with E-state index in [9.17, 15) is 17.2 Å². The molecule has 1 aliphatic heterocycles. The van der Waals surface area contributed by atoms with E-state index in [1.165, 1.54) is 4.31 Å². The van der Waals surface area contributed by atoms with Crippen molar-refractivity contribution in [2.75, 3.05) is 19.6 Å². The van der Waals surface area contributed by atoms with E-state index in [0.29, 0.717) is 38.4 Å². The van der Waals surface area contributed by atoms with E-state index in [1.807, 2.05) is 0 Å². The maximum Gasteiger partial charge on any atom is 0.243 e. The molecule has 114 valence electrons. The molecule has 0 aromatic heterocycles. The Kier molecular flexibility index (Phi) is 5.88. The molecule has 2 rings (SSSR count).